The molecule has 144 valence electrons. The van der Waals surface area contributed by atoms with Gasteiger partial charge in [0, 0.05) is 20.0 Å². The molecule has 3 rings (SSSR count). The van der Waals surface area contributed by atoms with Crippen LogP contribution >= 0.6 is 11.3 Å². The number of amides is 3. The second kappa shape index (κ2) is 8.47. The van der Waals surface area contributed by atoms with Crippen LogP contribution < -0.4 is 10.6 Å². The zero-order chi connectivity index (χ0) is 19.4. The van der Waals surface area contributed by atoms with Gasteiger partial charge in [-0.25, -0.2) is 4.98 Å². The van der Waals surface area contributed by atoms with Crippen LogP contribution in [0.4, 0.5) is 5.13 Å². The lowest BCUT2D eigenvalue weighted by atomic mass is 10.1. The fraction of sp³-hybridized carbons (Fsp3) is 0.474. The summed E-state index contributed by atoms with van der Waals surface area (Å²) in [5, 5.41) is 6.02. The summed E-state index contributed by atoms with van der Waals surface area (Å²) in [5.41, 5.74) is 1.62. The molecule has 0 bridgehead atoms. The maximum atomic E-state index is 12.4. The number of anilines is 1. The topological polar surface area (TPSA) is 91.4 Å². The van der Waals surface area contributed by atoms with Crippen LogP contribution in [0, 0.1) is 0 Å². The number of fused-ring (bicyclic) bond motifs is 1. The molecule has 8 heteroatoms. The van der Waals surface area contributed by atoms with E-state index in [4.69, 9.17) is 0 Å². The first-order valence-corrected chi connectivity index (χ1v) is 9.99. The molecular formula is C19H24N4O3S. The number of rotatable bonds is 5. The minimum atomic E-state index is -0.519. The van der Waals surface area contributed by atoms with Crippen LogP contribution in [0.25, 0.3) is 10.2 Å². The first-order valence-electron chi connectivity index (χ1n) is 9.17. The highest BCUT2D eigenvalue weighted by Crippen LogP contribution is 2.27. The predicted molar refractivity (Wildman–Crippen MR) is 106 cm³/mol. The number of benzene rings is 1. The molecule has 0 spiro atoms. The average molecular weight is 388 g/mol. The predicted octanol–water partition coefficient (Wildman–Crippen LogP) is 2.31. The quantitative estimate of drug-likeness (QED) is 0.822. The van der Waals surface area contributed by atoms with Crippen molar-refractivity contribution in [2.45, 2.75) is 45.6 Å². The molecule has 2 aromatic rings. The maximum absolute atomic E-state index is 12.4. The van der Waals surface area contributed by atoms with Gasteiger partial charge < -0.3 is 15.5 Å². The fourth-order valence-electron chi connectivity index (χ4n) is 3.21. The Kier molecular flexibility index (Phi) is 6.05. The lowest BCUT2D eigenvalue weighted by Crippen LogP contribution is -2.48. The number of hydrogen-bond donors (Lipinski definition) is 2. The van der Waals surface area contributed by atoms with Crippen molar-refractivity contribution in [2.24, 2.45) is 0 Å². The van der Waals surface area contributed by atoms with Crippen molar-refractivity contribution in [1.82, 2.24) is 15.2 Å². The zero-order valence-corrected chi connectivity index (χ0v) is 16.4. The standard InChI is InChI=1S/C19H24N4O3S/c1-12(18(26)23-8-4-3-5-9-23)20-17(25)11-14-6-7-15-16(10-14)27-19(22-15)21-13(2)24/h6-7,10,12H,3-5,8-9,11H2,1-2H3,(H,20,25)(H,21,22,24)/t12-/m0/s1. The molecule has 3 amide bonds. The SMILES string of the molecule is CC(=O)Nc1nc2ccc(CC(=O)N[C@@H](C)C(=O)N3CCCCC3)cc2s1. The Balaban J connectivity index is 1.59. The van der Waals surface area contributed by atoms with E-state index in [0.29, 0.717) is 5.13 Å². The molecule has 0 unspecified atom stereocenters. The maximum Gasteiger partial charge on any atom is 0.244 e. The highest BCUT2D eigenvalue weighted by atomic mass is 32.1. The van der Waals surface area contributed by atoms with Crippen LogP contribution in [0.15, 0.2) is 18.2 Å². The van der Waals surface area contributed by atoms with E-state index in [1.165, 1.54) is 18.3 Å². The number of nitrogens with one attached hydrogen (secondary N) is 2. The number of likely N-dealkylation sites (tertiary alicyclic amines) is 1. The van der Waals surface area contributed by atoms with Gasteiger partial charge in [-0.2, -0.15) is 0 Å². The molecule has 1 saturated heterocycles. The number of aromatic nitrogens is 1. The molecule has 1 aromatic carbocycles. The highest BCUT2D eigenvalue weighted by Gasteiger charge is 2.23. The molecule has 7 nitrogen and oxygen atoms in total. The number of thiazole rings is 1. The van der Waals surface area contributed by atoms with Crippen molar-refractivity contribution >= 4 is 44.4 Å². The van der Waals surface area contributed by atoms with Crippen LogP contribution in [0.5, 0.6) is 0 Å². The molecule has 0 saturated carbocycles. The highest BCUT2D eigenvalue weighted by molar-refractivity contribution is 7.22. The monoisotopic (exact) mass is 388 g/mol. The third-order valence-corrected chi connectivity index (χ3v) is 5.45. The molecule has 1 aliphatic heterocycles. The van der Waals surface area contributed by atoms with Gasteiger partial charge in [-0.3, -0.25) is 14.4 Å². The van der Waals surface area contributed by atoms with Crippen molar-refractivity contribution < 1.29 is 14.4 Å². The summed E-state index contributed by atoms with van der Waals surface area (Å²) in [6.07, 6.45) is 3.42. The molecule has 0 radical (unpaired) electrons. The molecular weight excluding hydrogens is 364 g/mol. The summed E-state index contributed by atoms with van der Waals surface area (Å²) in [5.74, 6) is -0.360. The second-order valence-electron chi connectivity index (χ2n) is 6.85. The summed E-state index contributed by atoms with van der Waals surface area (Å²) in [6.45, 7) is 4.73. The first kappa shape index (κ1) is 19.3. The van der Waals surface area contributed by atoms with Gasteiger partial charge >= 0.3 is 0 Å². The number of hydrogen-bond acceptors (Lipinski definition) is 5. The summed E-state index contributed by atoms with van der Waals surface area (Å²) in [6, 6.07) is 5.06. The molecule has 1 aliphatic rings. The minimum Gasteiger partial charge on any atom is -0.344 e. The van der Waals surface area contributed by atoms with Gasteiger partial charge in [-0.15, -0.1) is 0 Å². The number of carbonyl (C=O) groups is 3. The van der Waals surface area contributed by atoms with Crippen LogP contribution in [0.3, 0.4) is 0 Å². The number of piperidine rings is 1. The van der Waals surface area contributed by atoms with E-state index < -0.39 is 6.04 Å². The molecule has 1 aromatic heterocycles. The van der Waals surface area contributed by atoms with Gasteiger partial charge in [-0.05, 0) is 43.9 Å². The largest absolute Gasteiger partial charge is 0.344 e. The van der Waals surface area contributed by atoms with Gasteiger partial charge in [-0.1, -0.05) is 17.4 Å². The molecule has 2 heterocycles. The Morgan fingerprint density at radius 1 is 1.22 bits per heavy atom. The van der Waals surface area contributed by atoms with Crippen molar-refractivity contribution in [3.8, 4) is 0 Å². The zero-order valence-electron chi connectivity index (χ0n) is 15.6. The lowest BCUT2D eigenvalue weighted by Gasteiger charge is -2.29. The Labute approximate surface area is 162 Å². The average Bonchev–Trinajstić information content (AvgIpc) is 3.02. The van der Waals surface area contributed by atoms with Crippen molar-refractivity contribution in [1.29, 1.82) is 0 Å². The van der Waals surface area contributed by atoms with Crippen molar-refractivity contribution in [2.75, 3.05) is 18.4 Å². The summed E-state index contributed by atoms with van der Waals surface area (Å²) in [4.78, 5) is 42.1. The normalized spacial score (nSPS) is 15.4. The van der Waals surface area contributed by atoms with E-state index in [1.807, 2.05) is 23.1 Å². The summed E-state index contributed by atoms with van der Waals surface area (Å²) >= 11 is 1.37. The molecule has 0 aliphatic carbocycles. The van der Waals surface area contributed by atoms with Crippen molar-refractivity contribution in [3.63, 3.8) is 0 Å². The second-order valence-corrected chi connectivity index (χ2v) is 7.88. The molecule has 1 fully saturated rings. The minimum absolute atomic E-state index is 0.0130. The van der Waals surface area contributed by atoms with Crippen LogP contribution in [0.1, 0.15) is 38.7 Å². The lowest BCUT2D eigenvalue weighted by molar-refractivity contribution is -0.136. The third kappa shape index (κ3) is 5.03. The fourth-order valence-corrected chi connectivity index (χ4v) is 4.19. The summed E-state index contributed by atoms with van der Waals surface area (Å²) < 4.78 is 0.904. The van der Waals surface area contributed by atoms with Crippen LogP contribution in [0.2, 0.25) is 0 Å². The van der Waals surface area contributed by atoms with Gasteiger partial charge in [0.05, 0.1) is 16.6 Å². The Morgan fingerprint density at radius 2 is 1.96 bits per heavy atom. The van der Waals surface area contributed by atoms with Gasteiger partial charge in [0.15, 0.2) is 5.13 Å². The van der Waals surface area contributed by atoms with Gasteiger partial charge in [0.2, 0.25) is 17.7 Å². The van der Waals surface area contributed by atoms with Gasteiger partial charge in [0.1, 0.15) is 6.04 Å². The number of nitrogens with zero attached hydrogens (tertiary/aromatic N) is 2. The Hall–Kier alpha value is -2.48. The van der Waals surface area contributed by atoms with E-state index >= 15 is 0 Å². The third-order valence-electron chi connectivity index (χ3n) is 4.52. The van der Waals surface area contributed by atoms with Crippen LogP contribution in [-0.4, -0.2) is 46.7 Å². The van der Waals surface area contributed by atoms with Crippen molar-refractivity contribution in [3.05, 3.63) is 23.8 Å². The first-order chi connectivity index (χ1) is 12.9. The van der Waals surface area contributed by atoms with E-state index in [9.17, 15) is 14.4 Å². The smallest absolute Gasteiger partial charge is 0.244 e. The van der Waals surface area contributed by atoms with E-state index in [0.717, 1.165) is 48.1 Å². The van der Waals surface area contributed by atoms with Gasteiger partial charge in [0.25, 0.3) is 0 Å². The molecule has 27 heavy (non-hydrogen) atoms. The van der Waals surface area contributed by atoms with E-state index in [-0.39, 0.29) is 24.1 Å². The molecule has 2 N–H and O–H groups in total. The molecule has 1 atom stereocenters. The van der Waals surface area contributed by atoms with Crippen LogP contribution in [-0.2, 0) is 20.8 Å². The Bertz CT molecular complexity index is 858. The summed E-state index contributed by atoms with van der Waals surface area (Å²) in [7, 11) is 0. The van der Waals surface area contributed by atoms with E-state index in [2.05, 4.69) is 15.6 Å². The number of carbonyl (C=O) groups excluding carboxylic acids is 3. The van der Waals surface area contributed by atoms with E-state index in [1.54, 1.807) is 6.92 Å². The Morgan fingerprint density at radius 3 is 2.67 bits per heavy atom.